The number of aliphatic hydroxyl groups is 11. The molecule has 19 nitrogen and oxygen atoms in total. The van der Waals surface area contributed by atoms with Crippen LogP contribution >= 0.6 is 0 Å². The molecule has 17 atom stereocenters. The molecule has 3 saturated heterocycles. The number of hydrogen-bond acceptors (Lipinski definition) is 18. The number of hydrogen-bond donors (Lipinski definition) is 12. The highest BCUT2D eigenvalue weighted by Crippen LogP contribution is 2.33. The van der Waals surface area contributed by atoms with Crippen molar-refractivity contribution >= 4 is 5.91 Å². The molecule has 19 heteroatoms. The molecular weight excluding hydrogens is 842 g/mol. The number of amides is 1. The molecule has 3 heterocycles. The molecule has 3 aliphatic heterocycles. The van der Waals surface area contributed by atoms with Gasteiger partial charge in [0, 0.05) is 6.42 Å². The van der Waals surface area contributed by atoms with Crippen LogP contribution in [0.5, 0.6) is 0 Å². The number of rotatable bonds is 30. The van der Waals surface area contributed by atoms with Crippen LogP contribution in [0.3, 0.4) is 0 Å². The van der Waals surface area contributed by atoms with Crippen molar-refractivity contribution in [3.8, 4) is 0 Å². The predicted molar refractivity (Wildman–Crippen MR) is 231 cm³/mol. The first-order chi connectivity index (χ1) is 30.8. The highest BCUT2D eigenvalue weighted by Gasteiger charge is 2.53. The third-order valence-electron chi connectivity index (χ3n) is 11.7. The second-order valence-electron chi connectivity index (χ2n) is 16.9. The van der Waals surface area contributed by atoms with Gasteiger partial charge in [-0.15, -0.1) is 0 Å². The number of carbonyl (C=O) groups is 1. The van der Waals surface area contributed by atoms with E-state index < -0.39 is 124 Å². The lowest BCUT2D eigenvalue weighted by Crippen LogP contribution is -2.66. The van der Waals surface area contributed by atoms with Gasteiger partial charge >= 0.3 is 0 Å². The minimum absolute atomic E-state index is 0.225. The second-order valence-corrected chi connectivity index (χ2v) is 16.9. The van der Waals surface area contributed by atoms with Gasteiger partial charge in [-0.1, -0.05) is 95.2 Å². The Kier molecular flexibility index (Phi) is 27.4. The highest BCUT2D eigenvalue weighted by molar-refractivity contribution is 5.76. The summed E-state index contributed by atoms with van der Waals surface area (Å²) < 4.78 is 33.9. The van der Waals surface area contributed by atoms with Crippen molar-refractivity contribution in [2.45, 2.75) is 214 Å². The van der Waals surface area contributed by atoms with Crippen LogP contribution in [-0.4, -0.2) is 193 Å². The third-order valence-corrected chi connectivity index (χ3v) is 11.7. The molecule has 3 fully saturated rings. The van der Waals surface area contributed by atoms with E-state index in [4.69, 9.17) is 28.4 Å². The molecule has 0 aliphatic carbocycles. The zero-order valence-corrected chi connectivity index (χ0v) is 37.5. The quantitative estimate of drug-likeness (QED) is 0.0330. The summed E-state index contributed by atoms with van der Waals surface area (Å²) in [6.07, 6.45) is -0.722. The maximum atomic E-state index is 13.1. The van der Waals surface area contributed by atoms with Gasteiger partial charge in [-0.25, -0.2) is 0 Å². The van der Waals surface area contributed by atoms with Gasteiger partial charge in [0.15, 0.2) is 18.9 Å². The summed E-state index contributed by atoms with van der Waals surface area (Å²) in [5.74, 6) is -0.301. The maximum Gasteiger partial charge on any atom is 0.220 e. The Labute approximate surface area is 377 Å². The number of unbranched alkanes of at least 4 members (excludes halogenated alkanes) is 10. The van der Waals surface area contributed by atoms with E-state index in [0.29, 0.717) is 6.42 Å². The SMILES string of the molecule is CCC/C=C\C/C=C\CCCCCCCC(=O)NC(COC1OC(CO)C(OC2OC(CO)C(OC3OC(CO)C(O)C(O)C3O)C(O)C2O)C(O)C1O)C(O)/C=C/CCCCCC. The zero-order chi connectivity index (χ0) is 47.0. The minimum atomic E-state index is -1.98. The van der Waals surface area contributed by atoms with Crippen LogP contribution in [0.4, 0.5) is 0 Å². The van der Waals surface area contributed by atoms with Crippen molar-refractivity contribution in [1.29, 1.82) is 0 Å². The normalized spacial score (nSPS) is 34.8. The fourth-order valence-electron chi connectivity index (χ4n) is 7.69. The van der Waals surface area contributed by atoms with E-state index in [-0.39, 0.29) is 18.9 Å². The summed E-state index contributed by atoms with van der Waals surface area (Å²) in [6, 6.07) is -0.974. The number of aliphatic hydroxyl groups excluding tert-OH is 11. The van der Waals surface area contributed by atoms with Gasteiger partial charge in [0.05, 0.1) is 38.6 Å². The van der Waals surface area contributed by atoms with Crippen LogP contribution < -0.4 is 5.32 Å². The first kappa shape index (κ1) is 56.3. The molecule has 12 N–H and O–H groups in total. The lowest BCUT2D eigenvalue weighted by atomic mass is 9.96. The van der Waals surface area contributed by atoms with Crippen molar-refractivity contribution in [2.24, 2.45) is 0 Å². The van der Waals surface area contributed by atoms with E-state index >= 15 is 0 Å². The smallest absolute Gasteiger partial charge is 0.220 e. The average Bonchev–Trinajstić information content (AvgIpc) is 3.29. The van der Waals surface area contributed by atoms with Gasteiger partial charge in [0.2, 0.25) is 5.91 Å². The molecule has 1 amide bonds. The van der Waals surface area contributed by atoms with E-state index in [9.17, 15) is 61.0 Å². The van der Waals surface area contributed by atoms with Crippen molar-refractivity contribution < 1.29 is 89.4 Å². The largest absolute Gasteiger partial charge is 0.394 e. The standard InChI is InChI=1S/C45H79NO18/c1-3-5-7-9-11-12-13-14-15-16-17-19-21-23-33(51)46-28(29(50)22-20-18-10-8-6-4-2)27-59-43-39(57)36(54)41(31(25-48)61-43)64-45-40(58)37(55)42(32(26-49)62-45)63-44-38(56)35(53)34(52)30(24-47)60-44/h7,9,12-13,20,22,28-32,34-45,47-50,52-58H,3-6,8,10-11,14-19,21,23-27H2,1-2H3,(H,46,51)/b9-7-,13-12-,22-20+. The molecule has 0 aromatic rings. The molecule has 3 aliphatic rings. The fourth-order valence-corrected chi connectivity index (χ4v) is 7.69. The number of ether oxygens (including phenoxy) is 6. The van der Waals surface area contributed by atoms with Crippen molar-refractivity contribution in [2.75, 3.05) is 26.4 Å². The van der Waals surface area contributed by atoms with Gasteiger partial charge in [0.1, 0.15) is 73.2 Å². The summed E-state index contributed by atoms with van der Waals surface area (Å²) in [5, 5.41) is 119. The number of carbonyl (C=O) groups excluding carboxylic acids is 1. The Morgan fingerprint density at radius 2 is 1.06 bits per heavy atom. The maximum absolute atomic E-state index is 13.1. The Morgan fingerprint density at radius 1 is 0.562 bits per heavy atom. The van der Waals surface area contributed by atoms with Crippen LogP contribution in [0.25, 0.3) is 0 Å². The molecule has 0 radical (unpaired) electrons. The lowest BCUT2D eigenvalue weighted by Gasteiger charge is -2.48. The molecule has 17 unspecified atom stereocenters. The topological polar surface area (TPSA) is 307 Å². The van der Waals surface area contributed by atoms with E-state index in [0.717, 1.165) is 83.5 Å². The second kappa shape index (κ2) is 31.1. The van der Waals surface area contributed by atoms with Crippen molar-refractivity contribution in [1.82, 2.24) is 5.32 Å². The predicted octanol–water partition coefficient (Wildman–Crippen LogP) is -0.143. The summed E-state index contributed by atoms with van der Waals surface area (Å²) in [5.41, 5.74) is 0. The van der Waals surface area contributed by atoms with Crippen LogP contribution in [0.15, 0.2) is 36.5 Å². The molecule has 0 spiro atoms. The van der Waals surface area contributed by atoms with Gasteiger partial charge in [-0.2, -0.15) is 0 Å². The van der Waals surface area contributed by atoms with E-state index in [2.05, 4.69) is 43.5 Å². The Bertz CT molecular complexity index is 1340. The minimum Gasteiger partial charge on any atom is -0.394 e. The van der Waals surface area contributed by atoms with Gasteiger partial charge in [-0.05, 0) is 44.9 Å². The Morgan fingerprint density at radius 3 is 1.66 bits per heavy atom. The van der Waals surface area contributed by atoms with E-state index in [1.165, 1.54) is 0 Å². The first-order valence-corrected chi connectivity index (χ1v) is 23.2. The Hall–Kier alpha value is -1.99. The van der Waals surface area contributed by atoms with Gasteiger partial charge in [0.25, 0.3) is 0 Å². The van der Waals surface area contributed by atoms with Gasteiger partial charge < -0.3 is 89.9 Å². The fraction of sp³-hybridized carbons (Fsp3) is 0.844. The number of nitrogens with one attached hydrogen (secondary N) is 1. The molecule has 3 rings (SSSR count). The average molecular weight is 922 g/mol. The molecule has 372 valence electrons. The van der Waals surface area contributed by atoms with Crippen molar-refractivity contribution in [3.05, 3.63) is 36.5 Å². The first-order valence-electron chi connectivity index (χ1n) is 23.2. The molecule has 0 aromatic heterocycles. The molecule has 0 aromatic carbocycles. The van der Waals surface area contributed by atoms with Crippen LogP contribution in [0.1, 0.15) is 110 Å². The molecule has 0 saturated carbocycles. The summed E-state index contributed by atoms with van der Waals surface area (Å²) in [4.78, 5) is 13.1. The molecule has 64 heavy (non-hydrogen) atoms. The van der Waals surface area contributed by atoms with Crippen LogP contribution in [-0.2, 0) is 33.2 Å². The monoisotopic (exact) mass is 922 g/mol. The van der Waals surface area contributed by atoms with Crippen LogP contribution in [0, 0.1) is 0 Å². The highest BCUT2D eigenvalue weighted by atomic mass is 16.8. The summed E-state index contributed by atoms with van der Waals surface area (Å²) in [7, 11) is 0. The molecular formula is C45H79NO18. The lowest BCUT2D eigenvalue weighted by molar-refractivity contribution is -0.379. The number of allylic oxidation sites excluding steroid dienone is 5. The van der Waals surface area contributed by atoms with E-state index in [1.807, 2.05) is 6.08 Å². The van der Waals surface area contributed by atoms with Gasteiger partial charge in [-0.3, -0.25) is 4.79 Å². The third kappa shape index (κ3) is 17.9. The van der Waals surface area contributed by atoms with Crippen molar-refractivity contribution in [3.63, 3.8) is 0 Å². The van der Waals surface area contributed by atoms with E-state index in [1.54, 1.807) is 6.08 Å². The molecule has 0 bridgehead atoms. The summed E-state index contributed by atoms with van der Waals surface area (Å²) >= 11 is 0. The summed E-state index contributed by atoms with van der Waals surface area (Å²) in [6.45, 7) is 1.48. The zero-order valence-electron chi connectivity index (χ0n) is 37.5. The Balaban J connectivity index is 1.57. The van der Waals surface area contributed by atoms with Crippen LogP contribution in [0.2, 0.25) is 0 Å².